The molecular weight excluding hydrogens is 398 g/mol. The molecule has 4 heteroatoms. The van der Waals surface area contributed by atoms with Crippen molar-refractivity contribution in [3.8, 4) is 0 Å². The van der Waals surface area contributed by atoms with E-state index in [9.17, 15) is 0 Å². The smallest absolute Gasteiger partial charge is 0.200 e. The van der Waals surface area contributed by atoms with E-state index in [4.69, 9.17) is 14.9 Å². The van der Waals surface area contributed by atoms with Crippen LogP contribution in [-0.4, -0.2) is 28.1 Å². The van der Waals surface area contributed by atoms with Gasteiger partial charge in [0.25, 0.3) is 0 Å². The van der Waals surface area contributed by atoms with E-state index >= 15 is 0 Å². The Kier molecular flexibility index (Phi) is 10.5. The van der Waals surface area contributed by atoms with Crippen LogP contribution in [-0.2, 0) is 15.8 Å². The first-order valence-electron chi connectivity index (χ1n) is 12.4. The predicted octanol–water partition coefficient (Wildman–Crippen LogP) is 7.09. The number of allylic oxidation sites excluding steroid dienone is 2. The van der Waals surface area contributed by atoms with E-state index in [1.165, 1.54) is 5.56 Å². The molecule has 176 valence electrons. The molecule has 0 amide bonds. The van der Waals surface area contributed by atoms with E-state index in [1.54, 1.807) is 0 Å². The van der Waals surface area contributed by atoms with Crippen molar-refractivity contribution in [1.29, 1.82) is 0 Å². The molecule has 3 nitrogen and oxygen atoms in total. The lowest BCUT2D eigenvalue weighted by Gasteiger charge is -2.48. The maximum atomic E-state index is 7.16. The van der Waals surface area contributed by atoms with Gasteiger partial charge in [-0.2, -0.15) is 0 Å². The molecule has 2 N–H and O–H groups in total. The van der Waals surface area contributed by atoms with Crippen molar-refractivity contribution in [3.05, 3.63) is 48.0 Å². The van der Waals surface area contributed by atoms with Crippen LogP contribution in [0.5, 0.6) is 0 Å². The second-order valence-electron chi connectivity index (χ2n) is 10.5. The molecule has 1 aromatic carbocycles. The summed E-state index contributed by atoms with van der Waals surface area (Å²) < 4.78 is 13.4. The Balaban J connectivity index is 2.18. The van der Waals surface area contributed by atoms with Crippen LogP contribution in [0.2, 0.25) is 16.6 Å². The average molecular weight is 446 g/mol. The average Bonchev–Trinajstić information content (AvgIpc) is 2.74. The third-order valence-electron chi connectivity index (χ3n) is 7.60. The summed E-state index contributed by atoms with van der Waals surface area (Å²) in [4.78, 5) is 0. The Morgan fingerprint density at radius 1 is 1.00 bits per heavy atom. The van der Waals surface area contributed by atoms with Crippen molar-refractivity contribution < 1.29 is 9.16 Å². The van der Waals surface area contributed by atoms with Gasteiger partial charge in [-0.15, -0.1) is 0 Å². The summed E-state index contributed by atoms with van der Waals surface area (Å²) in [6, 6.07) is 10.5. The lowest BCUT2D eigenvalue weighted by molar-refractivity contribution is -0.0120. The predicted molar refractivity (Wildman–Crippen MR) is 136 cm³/mol. The fourth-order valence-electron chi connectivity index (χ4n) is 5.91. The molecule has 0 saturated heterocycles. The summed E-state index contributed by atoms with van der Waals surface area (Å²) in [7, 11) is -1.91. The summed E-state index contributed by atoms with van der Waals surface area (Å²) in [6.07, 6.45) is 9.03. The fourth-order valence-corrected chi connectivity index (χ4v) is 11.4. The SMILES string of the molecule is CC(C)[Si](OC[C@]1(CCCN)CC=CC[C@@H]1COCc1ccccc1)(C(C)C)C(C)C. The van der Waals surface area contributed by atoms with E-state index < -0.39 is 8.32 Å². The second-order valence-corrected chi connectivity index (χ2v) is 15.9. The van der Waals surface area contributed by atoms with Crippen LogP contribution in [0, 0.1) is 11.3 Å². The number of hydrogen-bond donors (Lipinski definition) is 1. The van der Waals surface area contributed by atoms with Gasteiger partial charge in [0, 0.05) is 12.0 Å². The third-order valence-corrected chi connectivity index (χ3v) is 13.7. The fraction of sp³-hybridized carbons (Fsp3) is 0.704. The number of rotatable bonds is 13. The van der Waals surface area contributed by atoms with Gasteiger partial charge in [-0.05, 0) is 60.3 Å². The lowest BCUT2D eigenvalue weighted by Crippen LogP contribution is -2.51. The second kappa shape index (κ2) is 12.3. The van der Waals surface area contributed by atoms with Crippen LogP contribution in [0.1, 0.15) is 72.8 Å². The van der Waals surface area contributed by atoms with E-state index in [0.717, 1.165) is 45.4 Å². The Bertz CT molecular complexity index is 637. The molecule has 0 radical (unpaired) electrons. The Hall–Kier alpha value is -0.943. The molecule has 0 heterocycles. The minimum atomic E-state index is -1.91. The van der Waals surface area contributed by atoms with Crippen LogP contribution < -0.4 is 5.73 Å². The van der Waals surface area contributed by atoms with Gasteiger partial charge in [-0.3, -0.25) is 0 Å². The van der Waals surface area contributed by atoms with E-state index in [1.807, 2.05) is 0 Å². The first-order chi connectivity index (χ1) is 14.8. The first kappa shape index (κ1) is 26.3. The minimum absolute atomic E-state index is 0.127. The zero-order valence-electron chi connectivity index (χ0n) is 20.9. The highest BCUT2D eigenvalue weighted by Crippen LogP contribution is 2.47. The van der Waals surface area contributed by atoms with Gasteiger partial charge in [-0.25, -0.2) is 0 Å². The topological polar surface area (TPSA) is 44.5 Å². The number of nitrogens with two attached hydrogens (primary N) is 1. The Morgan fingerprint density at radius 2 is 1.65 bits per heavy atom. The molecule has 0 aromatic heterocycles. The van der Waals surface area contributed by atoms with Crippen LogP contribution in [0.3, 0.4) is 0 Å². The van der Waals surface area contributed by atoms with Crippen molar-refractivity contribution in [2.75, 3.05) is 19.8 Å². The molecule has 1 aromatic rings. The number of hydrogen-bond acceptors (Lipinski definition) is 3. The number of benzene rings is 1. The van der Waals surface area contributed by atoms with Crippen LogP contribution in [0.4, 0.5) is 0 Å². The molecule has 2 rings (SSSR count). The molecule has 0 spiro atoms. The third kappa shape index (κ3) is 6.53. The summed E-state index contributed by atoms with van der Waals surface area (Å²) in [6.45, 7) is 17.3. The van der Waals surface area contributed by atoms with Gasteiger partial charge in [-0.1, -0.05) is 84.0 Å². The minimum Gasteiger partial charge on any atom is -0.415 e. The lowest BCUT2D eigenvalue weighted by atomic mass is 9.67. The molecule has 1 aliphatic carbocycles. The Morgan fingerprint density at radius 3 is 2.23 bits per heavy atom. The van der Waals surface area contributed by atoms with Gasteiger partial charge < -0.3 is 14.9 Å². The van der Waals surface area contributed by atoms with Crippen molar-refractivity contribution >= 4 is 8.32 Å². The van der Waals surface area contributed by atoms with Gasteiger partial charge in [0.15, 0.2) is 8.32 Å². The number of ether oxygens (including phenoxy) is 1. The van der Waals surface area contributed by atoms with Gasteiger partial charge in [0.05, 0.1) is 13.2 Å². The highest BCUT2D eigenvalue weighted by molar-refractivity contribution is 6.77. The summed E-state index contributed by atoms with van der Waals surface area (Å²) in [5.41, 5.74) is 9.15. The highest BCUT2D eigenvalue weighted by atomic mass is 28.4. The monoisotopic (exact) mass is 445 g/mol. The van der Waals surface area contributed by atoms with Crippen LogP contribution >= 0.6 is 0 Å². The normalized spacial score (nSPS) is 22.1. The van der Waals surface area contributed by atoms with E-state index in [2.05, 4.69) is 84.0 Å². The van der Waals surface area contributed by atoms with Gasteiger partial charge in [0.2, 0.25) is 0 Å². The first-order valence-corrected chi connectivity index (χ1v) is 14.5. The van der Waals surface area contributed by atoms with E-state index in [-0.39, 0.29) is 5.41 Å². The quantitative estimate of drug-likeness (QED) is 0.260. The van der Waals surface area contributed by atoms with Gasteiger partial charge in [0.1, 0.15) is 0 Å². The molecule has 0 bridgehead atoms. The van der Waals surface area contributed by atoms with Crippen LogP contribution in [0.15, 0.2) is 42.5 Å². The summed E-state index contributed by atoms with van der Waals surface area (Å²) >= 11 is 0. The largest absolute Gasteiger partial charge is 0.415 e. The van der Waals surface area contributed by atoms with Gasteiger partial charge >= 0.3 is 0 Å². The molecule has 0 unspecified atom stereocenters. The van der Waals surface area contributed by atoms with Crippen molar-refractivity contribution in [1.82, 2.24) is 0 Å². The highest BCUT2D eigenvalue weighted by Gasteiger charge is 2.48. The standard InChI is InChI=1S/C27H47NO2Si/c1-22(2)31(23(3)4,24(5)6)30-21-27(17-12-18-28)16-11-10-15-26(27)20-29-19-25-13-8-7-9-14-25/h7-11,13-14,22-24,26H,12,15-21,28H2,1-6H3/t26-,27-/m1/s1. The van der Waals surface area contributed by atoms with Crippen LogP contribution in [0.25, 0.3) is 0 Å². The maximum absolute atomic E-state index is 7.16. The summed E-state index contributed by atoms with van der Waals surface area (Å²) in [5.74, 6) is 0.478. The summed E-state index contributed by atoms with van der Waals surface area (Å²) in [5, 5.41) is 0. The zero-order valence-corrected chi connectivity index (χ0v) is 21.9. The zero-order chi connectivity index (χ0) is 22.9. The van der Waals surface area contributed by atoms with Crippen molar-refractivity contribution in [2.45, 2.75) is 90.5 Å². The molecule has 31 heavy (non-hydrogen) atoms. The maximum Gasteiger partial charge on any atom is 0.200 e. The molecule has 0 aliphatic heterocycles. The van der Waals surface area contributed by atoms with Crippen molar-refractivity contribution in [3.63, 3.8) is 0 Å². The molecule has 1 aliphatic rings. The Labute approximate surface area is 192 Å². The van der Waals surface area contributed by atoms with E-state index in [0.29, 0.717) is 29.1 Å². The molecule has 0 fully saturated rings. The molecule has 2 atom stereocenters. The molecular formula is C27H47NO2Si. The molecule has 0 saturated carbocycles. The van der Waals surface area contributed by atoms with Crippen molar-refractivity contribution in [2.24, 2.45) is 17.1 Å².